The van der Waals surface area contributed by atoms with E-state index in [-0.39, 0.29) is 30.0 Å². The molecule has 1 heterocycles. The summed E-state index contributed by atoms with van der Waals surface area (Å²) < 4.78 is 22.7. The average molecular weight is 512 g/mol. The molecular weight excluding hydrogens is 466 g/mol. The second kappa shape index (κ2) is 14.3. The summed E-state index contributed by atoms with van der Waals surface area (Å²) in [5, 5.41) is 3.71. The molecule has 6 heteroatoms. The highest BCUT2D eigenvalue weighted by Crippen LogP contribution is 2.35. The Bertz CT molecular complexity index is 961. The number of anilines is 1. The first-order valence-corrected chi connectivity index (χ1v) is 13.6. The third-order valence-corrected chi connectivity index (χ3v) is 7.41. The Balaban J connectivity index is 1.78. The Morgan fingerprint density at radius 2 is 1.76 bits per heavy atom. The quantitative estimate of drug-likeness (QED) is 0.221. The van der Waals surface area contributed by atoms with Crippen molar-refractivity contribution in [1.82, 2.24) is 0 Å². The second-order valence-electron chi connectivity index (χ2n) is 10.8. The lowest BCUT2D eigenvalue weighted by molar-refractivity contribution is -0.145. The van der Waals surface area contributed by atoms with Gasteiger partial charge in [-0.1, -0.05) is 52.0 Å². The predicted molar refractivity (Wildman–Crippen MR) is 148 cm³/mol. The van der Waals surface area contributed by atoms with E-state index in [1.807, 2.05) is 24.3 Å². The van der Waals surface area contributed by atoms with Crippen LogP contribution in [0.3, 0.4) is 0 Å². The zero-order chi connectivity index (χ0) is 26.8. The van der Waals surface area contributed by atoms with Crippen LogP contribution in [0.15, 0.2) is 48.5 Å². The van der Waals surface area contributed by atoms with Crippen LogP contribution in [0.1, 0.15) is 52.5 Å². The van der Waals surface area contributed by atoms with E-state index in [2.05, 4.69) is 57.3 Å². The van der Waals surface area contributed by atoms with Gasteiger partial charge in [-0.25, -0.2) is 0 Å². The highest BCUT2D eigenvalue weighted by Gasteiger charge is 2.41. The fourth-order valence-electron chi connectivity index (χ4n) is 5.04. The third-order valence-electron chi connectivity index (χ3n) is 7.41. The van der Waals surface area contributed by atoms with Crippen LogP contribution in [-0.4, -0.2) is 45.5 Å². The van der Waals surface area contributed by atoms with Gasteiger partial charge in [-0.15, -0.1) is 0 Å². The van der Waals surface area contributed by atoms with Crippen molar-refractivity contribution < 1.29 is 23.7 Å². The summed E-state index contributed by atoms with van der Waals surface area (Å²) in [6.45, 7) is 9.99. The normalized spacial score (nSPS) is 19.1. The number of cyclic esters (lactones) is 1. The smallest absolute Gasteiger partial charge is 0.309 e. The second-order valence-corrected chi connectivity index (χ2v) is 10.8. The lowest BCUT2D eigenvalue weighted by Gasteiger charge is -2.31. The minimum absolute atomic E-state index is 0.0329. The Kier molecular flexibility index (Phi) is 11.1. The summed E-state index contributed by atoms with van der Waals surface area (Å²) in [5.74, 6) is 2.51. The van der Waals surface area contributed by atoms with E-state index in [1.165, 1.54) is 5.56 Å². The number of nitrogens with one attached hydrogen (secondary N) is 1. The lowest BCUT2D eigenvalue weighted by atomic mass is 9.81. The fourth-order valence-corrected chi connectivity index (χ4v) is 5.04. The maximum absolute atomic E-state index is 12.6. The number of hydrogen-bond donors (Lipinski definition) is 1. The number of carbonyl (C=O) groups excluding carboxylic acids is 1. The largest absolute Gasteiger partial charge is 0.493 e. The van der Waals surface area contributed by atoms with Crippen LogP contribution >= 0.6 is 0 Å². The molecule has 1 N–H and O–H groups in total. The molecule has 0 amide bonds. The van der Waals surface area contributed by atoms with Crippen molar-refractivity contribution in [2.75, 3.05) is 32.8 Å². The highest BCUT2D eigenvalue weighted by atomic mass is 16.6. The van der Waals surface area contributed by atoms with Gasteiger partial charge in [0.05, 0.1) is 25.7 Å². The molecule has 0 bridgehead atoms. The van der Waals surface area contributed by atoms with E-state index < -0.39 is 0 Å². The topological polar surface area (TPSA) is 66.0 Å². The molecule has 0 aliphatic carbocycles. The number of carbonyl (C=O) groups is 1. The van der Waals surface area contributed by atoms with Crippen molar-refractivity contribution in [2.24, 2.45) is 23.7 Å². The number of rotatable bonds is 15. The number of benzene rings is 2. The Labute approximate surface area is 223 Å². The lowest BCUT2D eigenvalue weighted by Crippen LogP contribution is -2.37. The van der Waals surface area contributed by atoms with Gasteiger partial charge in [-0.2, -0.15) is 0 Å². The van der Waals surface area contributed by atoms with Crippen molar-refractivity contribution >= 4 is 11.7 Å². The SMILES string of the molecule is COCCCOc1cc(CC(CC(Nc2ccccc2)C2CC(C(C)C)C(=O)O2)C(C)C)ccc1OC. The van der Waals surface area contributed by atoms with E-state index in [9.17, 15) is 4.79 Å². The number of ether oxygens (including phenoxy) is 4. The van der Waals surface area contributed by atoms with Gasteiger partial charge in [0.25, 0.3) is 0 Å². The van der Waals surface area contributed by atoms with Crippen LogP contribution in [0.25, 0.3) is 0 Å². The fraction of sp³-hybridized carbons (Fsp3) is 0.581. The first-order valence-electron chi connectivity index (χ1n) is 13.6. The van der Waals surface area contributed by atoms with E-state index in [1.54, 1.807) is 14.2 Å². The monoisotopic (exact) mass is 511 g/mol. The minimum atomic E-state index is -0.142. The molecule has 4 unspecified atom stereocenters. The first kappa shape index (κ1) is 28.8. The molecule has 204 valence electrons. The third kappa shape index (κ3) is 8.39. The summed E-state index contributed by atoms with van der Waals surface area (Å²) in [5.41, 5.74) is 2.26. The molecule has 0 spiro atoms. The number of esters is 1. The maximum Gasteiger partial charge on any atom is 0.309 e. The summed E-state index contributed by atoms with van der Waals surface area (Å²) in [6.07, 6.45) is 3.23. The molecule has 4 atom stereocenters. The van der Waals surface area contributed by atoms with Gasteiger partial charge in [0, 0.05) is 25.8 Å². The van der Waals surface area contributed by atoms with Gasteiger partial charge in [-0.05, 0) is 66.8 Å². The van der Waals surface area contributed by atoms with Crippen LogP contribution in [-0.2, 0) is 20.7 Å². The summed E-state index contributed by atoms with van der Waals surface area (Å²) in [6, 6.07) is 16.5. The van der Waals surface area contributed by atoms with E-state index in [0.717, 1.165) is 42.9 Å². The van der Waals surface area contributed by atoms with Gasteiger partial charge in [0.1, 0.15) is 6.10 Å². The molecule has 1 aliphatic heterocycles. The Morgan fingerprint density at radius 3 is 2.38 bits per heavy atom. The van der Waals surface area contributed by atoms with Gasteiger partial charge in [0.15, 0.2) is 11.5 Å². The molecule has 0 radical (unpaired) electrons. The predicted octanol–water partition coefficient (Wildman–Crippen LogP) is 6.38. The molecule has 2 aromatic rings. The van der Waals surface area contributed by atoms with Crippen molar-refractivity contribution in [1.29, 1.82) is 0 Å². The molecule has 2 aromatic carbocycles. The number of para-hydroxylation sites is 1. The molecule has 37 heavy (non-hydrogen) atoms. The Morgan fingerprint density at radius 1 is 1.00 bits per heavy atom. The van der Waals surface area contributed by atoms with Crippen molar-refractivity contribution in [3.05, 3.63) is 54.1 Å². The molecule has 1 aliphatic rings. The van der Waals surface area contributed by atoms with Crippen LogP contribution < -0.4 is 14.8 Å². The molecule has 6 nitrogen and oxygen atoms in total. The zero-order valence-corrected chi connectivity index (χ0v) is 23.4. The summed E-state index contributed by atoms with van der Waals surface area (Å²) >= 11 is 0. The van der Waals surface area contributed by atoms with E-state index >= 15 is 0 Å². The number of hydrogen-bond acceptors (Lipinski definition) is 6. The molecule has 0 saturated carbocycles. The van der Waals surface area contributed by atoms with Crippen molar-refractivity contribution in [3.63, 3.8) is 0 Å². The van der Waals surface area contributed by atoms with Gasteiger partial charge in [-0.3, -0.25) is 4.79 Å². The molecule has 3 rings (SSSR count). The molecule has 1 fully saturated rings. The maximum atomic E-state index is 12.6. The van der Waals surface area contributed by atoms with Crippen LogP contribution in [0.5, 0.6) is 11.5 Å². The Hall–Kier alpha value is -2.73. The molecule has 1 saturated heterocycles. The molecular formula is C31H45NO5. The zero-order valence-electron chi connectivity index (χ0n) is 23.4. The van der Waals surface area contributed by atoms with Gasteiger partial charge in [0.2, 0.25) is 0 Å². The van der Waals surface area contributed by atoms with Crippen LogP contribution in [0.2, 0.25) is 0 Å². The standard InChI is InChI=1S/C31H45NO5/c1-21(2)24(17-23-13-14-28(35-6)30(18-23)36-16-10-15-34-5)19-27(32-25-11-8-7-9-12-25)29-20-26(22(3)4)31(33)37-29/h7-9,11-14,18,21-22,24,26-27,29,32H,10,15-17,19-20H2,1-6H3. The van der Waals surface area contributed by atoms with E-state index in [4.69, 9.17) is 18.9 Å². The highest BCUT2D eigenvalue weighted by molar-refractivity contribution is 5.75. The number of methoxy groups -OCH3 is 2. The van der Waals surface area contributed by atoms with Gasteiger partial charge < -0.3 is 24.3 Å². The summed E-state index contributed by atoms with van der Waals surface area (Å²) in [7, 11) is 3.36. The van der Waals surface area contributed by atoms with Crippen LogP contribution in [0.4, 0.5) is 5.69 Å². The van der Waals surface area contributed by atoms with Crippen molar-refractivity contribution in [3.8, 4) is 11.5 Å². The van der Waals surface area contributed by atoms with Gasteiger partial charge >= 0.3 is 5.97 Å². The first-order chi connectivity index (χ1) is 17.8. The molecule has 0 aromatic heterocycles. The minimum Gasteiger partial charge on any atom is -0.493 e. The van der Waals surface area contributed by atoms with Crippen molar-refractivity contribution in [2.45, 2.75) is 65.5 Å². The van der Waals surface area contributed by atoms with Crippen LogP contribution in [0, 0.1) is 23.7 Å². The summed E-state index contributed by atoms with van der Waals surface area (Å²) in [4.78, 5) is 12.6. The van der Waals surface area contributed by atoms with E-state index in [0.29, 0.717) is 25.0 Å². The average Bonchev–Trinajstić information content (AvgIpc) is 3.28.